The summed E-state index contributed by atoms with van der Waals surface area (Å²) in [6.45, 7) is 10.9. The van der Waals surface area contributed by atoms with Crippen LogP contribution in [0.2, 0.25) is 0 Å². The number of piperidine rings is 1. The number of aromatic amines is 1. The predicted octanol–water partition coefficient (Wildman–Crippen LogP) is 8.61. The van der Waals surface area contributed by atoms with Gasteiger partial charge in [0.25, 0.3) is 0 Å². The Labute approximate surface area is 301 Å². The molecule has 0 bridgehead atoms. The van der Waals surface area contributed by atoms with Crippen molar-refractivity contribution in [3.8, 4) is 17.2 Å². The van der Waals surface area contributed by atoms with E-state index < -0.39 is 0 Å². The molecule has 264 valence electrons. The Hall–Kier alpha value is -4.66. The molecule has 3 aromatic carbocycles. The number of hydrogen-bond acceptors (Lipinski definition) is 7. The fourth-order valence-corrected chi connectivity index (χ4v) is 8.87. The lowest BCUT2D eigenvalue weighted by Gasteiger charge is -2.58. The van der Waals surface area contributed by atoms with Crippen LogP contribution in [0.5, 0.6) is 17.2 Å². The fourth-order valence-electron chi connectivity index (χ4n) is 8.87. The Morgan fingerprint density at radius 1 is 0.941 bits per heavy atom. The van der Waals surface area contributed by atoms with Crippen molar-refractivity contribution in [2.45, 2.75) is 64.1 Å². The highest BCUT2D eigenvalue weighted by Crippen LogP contribution is 2.53. The second-order valence-corrected chi connectivity index (χ2v) is 15.2. The molecule has 2 aromatic heterocycles. The molecule has 3 fully saturated rings. The van der Waals surface area contributed by atoms with Gasteiger partial charge in [-0.1, -0.05) is 50.2 Å². The molecule has 0 radical (unpaired) electrons. The average Bonchev–Trinajstić information content (AvgIpc) is 3.62. The molecule has 8 rings (SSSR count). The number of nitrogens with zero attached hydrogens (tertiary/aromatic N) is 4. The van der Waals surface area contributed by atoms with Gasteiger partial charge in [0, 0.05) is 74.7 Å². The van der Waals surface area contributed by atoms with Crippen LogP contribution in [0, 0.1) is 5.41 Å². The summed E-state index contributed by atoms with van der Waals surface area (Å²) in [5, 5.41) is 0.974. The van der Waals surface area contributed by atoms with Gasteiger partial charge in [-0.3, -0.25) is 14.6 Å². The fraction of sp³-hybridized carbons (Fsp3) is 0.395. The number of nitrogens with one attached hydrogen (secondary N) is 1. The number of piperazine rings is 1. The maximum absolute atomic E-state index is 11.9. The maximum Gasteiger partial charge on any atom is 0.153 e. The number of fused-ring (bicyclic) bond motifs is 1. The van der Waals surface area contributed by atoms with Crippen molar-refractivity contribution in [1.29, 1.82) is 0 Å². The van der Waals surface area contributed by atoms with E-state index in [9.17, 15) is 4.79 Å². The molecular formula is C43H49N5O3. The van der Waals surface area contributed by atoms with E-state index in [1.54, 1.807) is 13.3 Å². The molecule has 1 saturated carbocycles. The van der Waals surface area contributed by atoms with Gasteiger partial charge in [-0.2, -0.15) is 0 Å². The normalized spacial score (nSPS) is 19.8. The first-order valence-electron chi connectivity index (χ1n) is 18.6. The zero-order chi connectivity index (χ0) is 35.0. The van der Waals surface area contributed by atoms with Gasteiger partial charge in [0.1, 0.15) is 22.9 Å². The number of ether oxygens (including phenoxy) is 2. The topological polar surface area (TPSA) is 73.9 Å². The third kappa shape index (κ3) is 6.87. The van der Waals surface area contributed by atoms with Gasteiger partial charge < -0.3 is 19.4 Å². The standard InChI is InChI=1S/C43H49N5O3/c1-30(2)38-6-4-5-7-39(38)40-28-46(27-31-8-12-36(50-3)13-9-31)20-21-48(40)35-24-43(25-35)15-18-47(19-16-43)34-11-10-33(29-49)41(23-34)51-37-22-32-14-17-44-42(32)45-26-37/h4-14,17,22-23,26,29-30,35,40H,15-16,18-21,24-25,27-28H2,1-3H3,(H,44,45)/t40-/m1/s1. The number of carbonyl (C=O) groups is 1. The largest absolute Gasteiger partial charge is 0.497 e. The monoisotopic (exact) mass is 683 g/mol. The third-order valence-electron chi connectivity index (χ3n) is 11.8. The highest BCUT2D eigenvalue weighted by atomic mass is 16.5. The first kappa shape index (κ1) is 33.5. The van der Waals surface area contributed by atoms with Gasteiger partial charge in [0.2, 0.25) is 0 Å². The van der Waals surface area contributed by atoms with Crippen molar-refractivity contribution in [3.63, 3.8) is 0 Å². The number of benzene rings is 3. The number of aldehydes is 1. The lowest BCUT2D eigenvalue weighted by atomic mass is 9.59. The summed E-state index contributed by atoms with van der Waals surface area (Å²) in [4.78, 5) is 27.5. The van der Waals surface area contributed by atoms with Crippen LogP contribution < -0.4 is 14.4 Å². The highest BCUT2D eigenvalue weighted by Gasteiger charge is 2.50. The van der Waals surface area contributed by atoms with Crippen LogP contribution in [0.15, 0.2) is 91.3 Å². The average molecular weight is 684 g/mol. The summed E-state index contributed by atoms with van der Waals surface area (Å²) < 4.78 is 11.6. The number of anilines is 1. The van der Waals surface area contributed by atoms with Gasteiger partial charge in [-0.15, -0.1) is 0 Å². The molecule has 1 atom stereocenters. The molecule has 3 aliphatic rings. The van der Waals surface area contributed by atoms with Crippen LogP contribution in [0.1, 0.15) is 78.5 Å². The summed E-state index contributed by atoms with van der Waals surface area (Å²) in [5.41, 5.74) is 7.19. The molecule has 51 heavy (non-hydrogen) atoms. The quantitative estimate of drug-likeness (QED) is 0.148. The predicted molar refractivity (Wildman–Crippen MR) is 203 cm³/mol. The van der Waals surface area contributed by atoms with Gasteiger partial charge in [-0.25, -0.2) is 4.98 Å². The van der Waals surface area contributed by atoms with Crippen molar-refractivity contribution >= 4 is 23.0 Å². The summed E-state index contributed by atoms with van der Waals surface area (Å²) in [6, 6.07) is 28.6. The molecule has 4 heterocycles. The van der Waals surface area contributed by atoms with Crippen LogP contribution in [-0.4, -0.2) is 71.9 Å². The number of rotatable bonds is 10. The number of carbonyl (C=O) groups excluding carboxylic acids is 1. The molecule has 0 unspecified atom stereocenters. The first-order chi connectivity index (χ1) is 24.9. The molecule has 1 aliphatic carbocycles. The smallest absolute Gasteiger partial charge is 0.153 e. The van der Waals surface area contributed by atoms with E-state index in [0.29, 0.717) is 40.5 Å². The Bertz CT molecular complexity index is 1970. The Morgan fingerprint density at radius 3 is 2.51 bits per heavy atom. The minimum Gasteiger partial charge on any atom is -0.497 e. The van der Waals surface area contributed by atoms with Crippen molar-refractivity contribution in [2.75, 3.05) is 44.7 Å². The SMILES string of the molecule is COc1ccc(CN2CCN(C3CC4(CCN(c5ccc(C=O)c(Oc6cnc7[nH]ccc7c6)c5)CC4)C3)[C@@H](c3ccccc3C(C)C)C2)cc1. The van der Waals surface area contributed by atoms with Gasteiger partial charge >= 0.3 is 0 Å². The van der Waals surface area contributed by atoms with Crippen LogP contribution in [0.25, 0.3) is 11.0 Å². The highest BCUT2D eigenvalue weighted by molar-refractivity contribution is 5.81. The van der Waals surface area contributed by atoms with E-state index in [0.717, 1.165) is 68.0 Å². The number of methoxy groups -OCH3 is 1. The van der Waals surface area contributed by atoms with Crippen LogP contribution >= 0.6 is 0 Å². The maximum atomic E-state index is 11.9. The van der Waals surface area contributed by atoms with E-state index in [-0.39, 0.29) is 0 Å². The summed E-state index contributed by atoms with van der Waals surface area (Å²) in [5.74, 6) is 2.59. The molecule has 1 N–H and O–H groups in total. The minimum atomic E-state index is 0.390. The van der Waals surface area contributed by atoms with Crippen LogP contribution in [0.3, 0.4) is 0 Å². The number of H-pyrrole nitrogens is 1. The van der Waals surface area contributed by atoms with Gasteiger partial charge in [-0.05, 0) is 90.1 Å². The molecular weight excluding hydrogens is 635 g/mol. The van der Waals surface area contributed by atoms with Crippen molar-refractivity contribution < 1.29 is 14.3 Å². The number of hydrogen-bond donors (Lipinski definition) is 1. The Balaban J connectivity index is 0.938. The van der Waals surface area contributed by atoms with E-state index in [2.05, 4.69) is 93.1 Å². The van der Waals surface area contributed by atoms with E-state index in [1.807, 2.05) is 30.5 Å². The minimum absolute atomic E-state index is 0.390. The first-order valence-corrected chi connectivity index (χ1v) is 18.6. The molecule has 2 aliphatic heterocycles. The third-order valence-corrected chi connectivity index (χ3v) is 11.8. The van der Waals surface area contributed by atoms with Crippen molar-refractivity contribution in [2.24, 2.45) is 5.41 Å². The molecule has 8 nitrogen and oxygen atoms in total. The number of pyridine rings is 1. The zero-order valence-corrected chi connectivity index (χ0v) is 30.1. The lowest BCUT2D eigenvalue weighted by Crippen LogP contribution is -2.60. The van der Waals surface area contributed by atoms with Crippen LogP contribution in [-0.2, 0) is 6.54 Å². The second kappa shape index (κ2) is 14.2. The second-order valence-electron chi connectivity index (χ2n) is 15.2. The molecule has 2 saturated heterocycles. The van der Waals surface area contributed by atoms with Gasteiger partial charge in [0.15, 0.2) is 6.29 Å². The molecule has 0 amide bonds. The van der Waals surface area contributed by atoms with Crippen molar-refractivity contribution in [3.05, 3.63) is 114 Å². The van der Waals surface area contributed by atoms with E-state index in [4.69, 9.17) is 9.47 Å². The summed E-state index contributed by atoms with van der Waals surface area (Å²) in [6.07, 6.45) is 9.35. The van der Waals surface area contributed by atoms with E-state index in [1.165, 1.54) is 42.4 Å². The van der Waals surface area contributed by atoms with Gasteiger partial charge in [0.05, 0.1) is 18.9 Å². The Kier molecular flexibility index (Phi) is 9.30. The summed E-state index contributed by atoms with van der Waals surface area (Å²) in [7, 11) is 1.73. The molecule has 1 spiro atoms. The zero-order valence-electron chi connectivity index (χ0n) is 30.1. The van der Waals surface area contributed by atoms with E-state index >= 15 is 0 Å². The number of aromatic nitrogens is 2. The summed E-state index contributed by atoms with van der Waals surface area (Å²) >= 11 is 0. The van der Waals surface area contributed by atoms with Crippen molar-refractivity contribution in [1.82, 2.24) is 19.8 Å². The molecule has 5 aromatic rings. The lowest BCUT2D eigenvalue weighted by molar-refractivity contribution is -0.0628. The Morgan fingerprint density at radius 2 is 1.75 bits per heavy atom. The molecule has 8 heteroatoms. The van der Waals surface area contributed by atoms with Crippen LogP contribution in [0.4, 0.5) is 5.69 Å².